The van der Waals surface area contributed by atoms with E-state index in [1.807, 2.05) is 12.1 Å². The second-order valence-corrected chi connectivity index (χ2v) is 4.83. The highest BCUT2D eigenvalue weighted by Gasteiger charge is 2.13. The molecule has 1 N–H and O–H groups in total. The van der Waals surface area contributed by atoms with E-state index in [2.05, 4.69) is 23.5 Å². The molecule has 2 aromatic carbocycles. The topological polar surface area (TPSA) is 12.0 Å². The predicted octanol–water partition coefficient (Wildman–Crippen LogP) is 3.45. The molecule has 0 saturated heterocycles. The molecular formula is C16H16FN. The summed E-state index contributed by atoms with van der Waals surface area (Å²) in [6, 6.07) is 11.8. The fourth-order valence-corrected chi connectivity index (χ4v) is 2.54. The number of nitrogens with one attached hydrogen (secondary N) is 1. The van der Waals surface area contributed by atoms with E-state index in [4.69, 9.17) is 0 Å². The van der Waals surface area contributed by atoms with Gasteiger partial charge in [0.05, 0.1) is 0 Å². The van der Waals surface area contributed by atoms with Crippen LogP contribution in [0.15, 0.2) is 36.4 Å². The van der Waals surface area contributed by atoms with E-state index in [0.29, 0.717) is 5.56 Å². The van der Waals surface area contributed by atoms with Crippen LogP contribution in [0.4, 0.5) is 4.39 Å². The Labute approximate surface area is 107 Å². The lowest BCUT2D eigenvalue weighted by molar-refractivity contribution is 0.618. The molecule has 2 heteroatoms. The second-order valence-electron chi connectivity index (χ2n) is 4.83. The third-order valence-corrected chi connectivity index (χ3v) is 3.63. The SMILES string of the molecule is Cc1ccc(-c2cccc3c2CNCC3)cc1F. The van der Waals surface area contributed by atoms with Crippen molar-refractivity contribution in [2.75, 3.05) is 6.54 Å². The summed E-state index contributed by atoms with van der Waals surface area (Å²) in [6.45, 7) is 3.70. The molecule has 0 atom stereocenters. The molecule has 1 aliphatic rings. The van der Waals surface area contributed by atoms with Crippen LogP contribution in [0.1, 0.15) is 16.7 Å². The van der Waals surface area contributed by atoms with Gasteiger partial charge < -0.3 is 5.32 Å². The summed E-state index contributed by atoms with van der Waals surface area (Å²) in [5, 5.41) is 3.38. The van der Waals surface area contributed by atoms with Crippen LogP contribution in [-0.4, -0.2) is 6.54 Å². The molecule has 3 rings (SSSR count). The van der Waals surface area contributed by atoms with Crippen LogP contribution in [0.2, 0.25) is 0 Å². The second kappa shape index (κ2) is 4.54. The molecule has 0 fully saturated rings. The van der Waals surface area contributed by atoms with E-state index < -0.39 is 0 Å². The van der Waals surface area contributed by atoms with Gasteiger partial charge in [0.1, 0.15) is 5.82 Å². The van der Waals surface area contributed by atoms with Gasteiger partial charge in [0.25, 0.3) is 0 Å². The van der Waals surface area contributed by atoms with Crippen LogP contribution >= 0.6 is 0 Å². The number of fused-ring (bicyclic) bond motifs is 1. The lowest BCUT2D eigenvalue weighted by atomic mass is 9.91. The van der Waals surface area contributed by atoms with Gasteiger partial charge in [0.2, 0.25) is 0 Å². The maximum atomic E-state index is 13.7. The largest absolute Gasteiger partial charge is 0.312 e. The van der Waals surface area contributed by atoms with Gasteiger partial charge >= 0.3 is 0 Å². The van der Waals surface area contributed by atoms with Crippen molar-refractivity contribution in [2.24, 2.45) is 0 Å². The Morgan fingerprint density at radius 2 is 2.06 bits per heavy atom. The molecule has 1 heterocycles. The third kappa shape index (κ3) is 1.93. The zero-order chi connectivity index (χ0) is 12.5. The van der Waals surface area contributed by atoms with Gasteiger partial charge in [-0.25, -0.2) is 4.39 Å². The van der Waals surface area contributed by atoms with E-state index in [1.54, 1.807) is 13.0 Å². The molecule has 92 valence electrons. The summed E-state index contributed by atoms with van der Waals surface area (Å²) in [6.07, 6.45) is 1.05. The predicted molar refractivity (Wildman–Crippen MR) is 72.0 cm³/mol. The van der Waals surface area contributed by atoms with Crippen molar-refractivity contribution in [1.82, 2.24) is 5.32 Å². The summed E-state index contributed by atoms with van der Waals surface area (Å²) in [7, 11) is 0. The van der Waals surface area contributed by atoms with E-state index >= 15 is 0 Å². The molecule has 0 saturated carbocycles. The number of hydrogen-bond acceptors (Lipinski definition) is 1. The maximum absolute atomic E-state index is 13.7. The first-order valence-corrected chi connectivity index (χ1v) is 6.34. The summed E-state index contributed by atoms with van der Waals surface area (Å²) >= 11 is 0. The molecule has 2 aromatic rings. The van der Waals surface area contributed by atoms with E-state index in [-0.39, 0.29) is 5.82 Å². The molecule has 0 aromatic heterocycles. The van der Waals surface area contributed by atoms with Gasteiger partial charge in [-0.05, 0) is 53.8 Å². The minimum Gasteiger partial charge on any atom is -0.312 e. The molecule has 0 unspecified atom stereocenters. The Kier molecular flexibility index (Phi) is 2.88. The molecule has 18 heavy (non-hydrogen) atoms. The number of halogens is 1. The smallest absolute Gasteiger partial charge is 0.126 e. The Balaban J connectivity index is 2.13. The number of benzene rings is 2. The monoisotopic (exact) mass is 241 g/mol. The number of hydrogen-bond donors (Lipinski definition) is 1. The Morgan fingerprint density at radius 1 is 1.17 bits per heavy atom. The standard InChI is InChI=1S/C16H16FN/c1-11-5-6-13(9-16(11)17)14-4-2-3-12-7-8-18-10-15(12)14/h2-6,9,18H,7-8,10H2,1H3. The van der Waals surface area contributed by atoms with Crippen LogP contribution in [0.5, 0.6) is 0 Å². The average Bonchev–Trinajstić information content (AvgIpc) is 2.41. The molecule has 0 spiro atoms. The maximum Gasteiger partial charge on any atom is 0.126 e. The highest BCUT2D eigenvalue weighted by Crippen LogP contribution is 2.29. The van der Waals surface area contributed by atoms with Gasteiger partial charge in [-0.1, -0.05) is 30.3 Å². The zero-order valence-corrected chi connectivity index (χ0v) is 10.5. The molecule has 0 aliphatic carbocycles. The first-order chi connectivity index (χ1) is 8.75. The van der Waals surface area contributed by atoms with Gasteiger partial charge in [0, 0.05) is 6.54 Å². The first-order valence-electron chi connectivity index (χ1n) is 6.34. The van der Waals surface area contributed by atoms with Crippen LogP contribution in [0, 0.1) is 12.7 Å². The van der Waals surface area contributed by atoms with Gasteiger partial charge in [-0.3, -0.25) is 0 Å². The zero-order valence-electron chi connectivity index (χ0n) is 10.5. The summed E-state index contributed by atoms with van der Waals surface area (Å²) in [5.41, 5.74) is 5.51. The average molecular weight is 241 g/mol. The van der Waals surface area contributed by atoms with E-state index in [1.165, 1.54) is 11.1 Å². The summed E-state index contributed by atoms with van der Waals surface area (Å²) in [4.78, 5) is 0. The van der Waals surface area contributed by atoms with E-state index in [0.717, 1.165) is 30.6 Å². The normalized spacial score (nSPS) is 14.3. The van der Waals surface area contributed by atoms with Crippen molar-refractivity contribution in [2.45, 2.75) is 19.9 Å². The fraction of sp³-hybridized carbons (Fsp3) is 0.250. The molecule has 1 nitrogen and oxygen atoms in total. The fourth-order valence-electron chi connectivity index (χ4n) is 2.54. The van der Waals surface area contributed by atoms with Crippen LogP contribution in [0.25, 0.3) is 11.1 Å². The van der Waals surface area contributed by atoms with Crippen molar-refractivity contribution in [3.63, 3.8) is 0 Å². The van der Waals surface area contributed by atoms with Gasteiger partial charge in [-0.2, -0.15) is 0 Å². The number of rotatable bonds is 1. The van der Waals surface area contributed by atoms with Gasteiger partial charge in [-0.15, -0.1) is 0 Å². The molecule has 1 aliphatic heterocycles. The first kappa shape index (κ1) is 11.4. The van der Waals surface area contributed by atoms with Crippen LogP contribution in [-0.2, 0) is 13.0 Å². The molecule has 0 amide bonds. The van der Waals surface area contributed by atoms with Gasteiger partial charge in [0.15, 0.2) is 0 Å². The lowest BCUT2D eigenvalue weighted by Gasteiger charge is -2.20. The lowest BCUT2D eigenvalue weighted by Crippen LogP contribution is -2.24. The summed E-state index contributed by atoms with van der Waals surface area (Å²) < 4.78 is 13.7. The highest BCUT2D eigenvalue weighted by atomic mass is 19.1. The van der Waals surface area contributed by atoms with Crippen molar-refractivity contribution < 1.29 is 4.39 Å². The highest BCUT2D eigenvalue weighted by molar-refractivity contribution is 5.69. The van der Waals surface area contributed by atoms with Crippen molar-refractivity contribution in [3.8, 4) is 11.1 Å². The molecular weight excluding hydrogens is 225 g/mol. The number of aryl methyl sites for hydroxylation is 1. The Bertz CT molecular complexity index is 590. The minimum atomic E-state index is -0.131. The van der Waals surface area contributed by atoms with Crippen molar-refractivity contribution >= 4 is 0 Å². The van der Waals surface area contributed by atoms with Crippen LogP contribution in [0.3, 0.4) is 0 Å². The van der Waals surface area contributed by atoms with Crippen LogP contribution < -0.4 is 5.32 Å². The molecule has 0 radical (unpaired) electrons. The van der Waals surface area contributed by atoms with E-state index in [9.17, 15) is 4.39 Å². The third-order valence-electron chi connectivity index (χ3n) is 3.63. The quantitative estimate of drug-likeness (QED) is 0.806. The Hall–Kier alpha value is -1.67. The van der Waals surface area contributed by atoms with Crippen molar-refractivity contribution in [3.05, 3.63) is 58.9 Å². The summed E-state index contributed by atoms with van der Waals surface area (Å²) in [5.74, 6) is -0.131. The minimum absolute atomic E-state index is 0.131. The Morgan fingerprint density at radius 3 is 2.89 bits per heavy atom. The van der Waals surface area contributed by atoms with Crippen molar-refractivity contribution in [1.29, 1.82) is 0 Å². The molecule has 0 bridgehead atoms.